The number of methoxy groups -OCH3 is 2. The zero-order valence-corrected chi connectivity index (χ0v) is 85.4. The Bertz CT molecular complexity index is 8290. The molecule has 5 aliphatic heterocycles. The molecule has 0 bridgehead atoms. The molecule has 0 spiro atoms. The number of fused-ring (bicyclic) bond motifs is 8. The van der Waals surface area contributed by atoms with Gasteiger partial charge >= 0.3 is 0 Å². The molecule has 3 fully saturated rings. The number of imidazole rings is 1. The van der Waals surface area contributed by atoms with E-state index in [0.29, 0.717) is 105 Å². The van der Waals surface area contributed by atoms with E-state index in [1.54, 1.807) is 83.5 Å². The normalized spacial score (nSPS) is 15.8. The number of aryl methyl sites for hydroxylation is 4. The van der Waals surface area contributed by atoms with Gasteiger partial charge in [-0.1, -0.05) is 32.1 Å². The first-order valence-electron chi connectivity index (χ1n) is 50.4. The van der Waals surface area contributed by atoms with Gasteiger partial charge < -0.3 is 64.3 Å². The number of aromatic nitrogens is 18. The smallest absolute Gasteiger partial charge is 0.258 e. The lowest BCUT2D eigenvalue weighted by Crippen LogP contribution is -2.54. The second-order valence-corrected chi connectivity index (χ2v) is 38.5. The molecule has 147 heavy (non-hydrogen) atoms. The fraction of sp³-hybridized carbons (Fsp3) is 0.330. The topological polar surface area (TPSA) is 344 Å². The van der Waals surface area contributed by atoms with Crippen LogP contribution in [0.5, 0.6) is 11.5 Å². The minimum Gasteiger partial charge on any atom is -0.493 e. The third kappa shape index (κ3) is 22.2. The maximum Gasteiger partial charge on any atom is 0.258 e. The van der Waals surface area contributed by atoms with Crippen LogP contribution in [0.1, 0.15) is 94.3 Å². The van der Waals surface area contributed by atoms with Crippen molar-refractivity contribution in [3.05, 3.63) is 312 Å². The molecule has 18 aromatic rings. The van der Waals surface area contributed by atoms with E-state index in [1.807, 2.05) is 221 Å². The highest BCUT2D eigenvalue weighted by molar-refractivity contribution is 5.84. The number of piperidine rings is 2. The fourth-order valence-corrected chi connectivity index (χ4v) is 20.3. The van der Waals surface area contributed by atoms with E-state index in [2.05, 4.69) is 135 Å². The summed E-state index contributed by atoms with van der Waals surface area (Å²) in [6.45, 7) is 27.1. The number of aliphatic hydroxyl groups is 1. The number of benzene rings is 2. The van der Waals surface area contributed by atoms with Crippen LogP contribution >= 0.6 is 0 Å². The number of rotatable bonds is 19. The number of nitrogens with one attached hydrogen (secondary N) is 3. The third-order valence-electron chi connectivity index (χ3n) is 28.2. The minimum atomic E-state index is -0.118. The summed E-state index contributed by atoms with van der Waals surface area (Å²) in [5.74, 6) is 2.09. The van der Waals surface area contributed by atoms with Crippen LogP contribution in [-0.2, 0) is 7.05 Å². The van der Waals surface area contributed by atoms with E-state index < -0.39 is 0 Å². The zero-order valence-electron chi connectivity index (χ0n) is 85.4. The van der Waals surface area contributed by atoms with Gasteiger partial charge in [-0.25, -0.2) is 39.4 Å². The average molecular weight is 1980 g/mol. The molecule has 0 aliphatic carbocycles. The Balaban J connectivity index is 0.000000116. The zero-order chi connectivity index (χ0) is 102. The maximum absolute atomic E-state index is 13.1. The molecule has 0 unspecified atom stereocenters. The summed E-state index contributed by atoms with van der Waals surface area (Å²) in [5.41, 5.74) is 23.5. The van der Waals surface area contributed by atoms with Crippen LogP contribution in [0.2, 0.25) is 0 Å². The van der Waals surface area contributed by atoms with Gasteiger partial charge in [0.2, 0.25) is 0 Å². The van der Waals surface area contributed by atoms with E-state index in [4.69, 9.17) is 24.4 Å². The number of ether oxygens (including phenoxy) is 2. The summed E-state index contributed by atoms with van der Waals surface area (Å²) in [5, 5.41) is 29.2. The quantitative estimate of drug-likeness (QED) is 0.0584. The molecule has 2 atom stereocenters. The van der Waals surface area contributed by atoms with Crippen LogP contribution in [-0.4, -0.2) is 252 Å². The van der Waals surface area contributed by atoms with Crippen molar-refractivity contribution in [3.8, 4) is 67.9 Å². The Labute approximate surface area is 850 Å². The summed E-state index contributed by atoms with van der Waals surface area (Å²) in [6.07, 6.45) is 31.3. The van der Waals surface area contributed by atoms with Crippen LogP contribution in [0.15, 0.2) is 256 Å². The van der Waals surface area contributed by atoms with E-state index in [1.165, 1.54) is 11.1 Å². The first-order valence-corrected chi connectivity index (χ1v) is 50.4. The minimum absolute atomic E-state index is 0.0632. The molecule has 756 valence electrons. The number of nitrogens with zero attached hydrogens (tertiary/aromatic N) is 24. The van der Waals surface area contributed by atoms with Crippen molar-refractivity contribution in [2.24, 2.45) is 7.05 Å². The summed E-state index contributed by atoms with van der Waals surface area (Å²) in [4.78, 5) is 115. The predicted octanol–water partition coefficient (Wildman–Crippen LogP) is 12.9. The van der Waals surface area contributed by atoms with Crippen LogP contribution < -0.4 is 72.8 Å². The Morgan fingerprint density at radius 2 is 0.959 bits per heavy atom. The molecular formula is C112H125N27O8. The van der Waals surface area contributed by atoms with Crippen LogP contribution in [0.3, 0.4) is 0 Å². The van der Waals surface area contributed by atoms with Gasteiger partial charge in [-0.2, -0.15) is 10.2 Å². The molecule has 0 radical (unpaired) electrons. The molecule has 21 heterocycles. The van der Waals surface area contributed by atoms with Crippen LogP contribution in [0, 0.1) is 20.8 Å². The number of hydrogen-bond acceptors (Lipinski definition) is 27. The second-order valence-electron chi connectivity index (χ2n) is 38.5. The van der Waals surface area contributed by atoms with Gasteiger partial charge in [-0.05, 0) is 249 Å². The summed E-state index contributed by atoms with van der Waals surface area (Å²) in [6, 6.07) is 49.1. The number of piperazine rings is 1. The van der Waals surface area contributed by atoms with Gasteiger partial charge in [0.1, 0.15) is 45.4 Å². The Kier molecular flexibility index (Phi) is 29.9. The summed E-state index contributed by atoms with van der Waals surface area (Å²) < 4.78 is 24.4. The molecule has 35 heteroatoms. The molecule has 35 nitrogen and oxygen atoms in total. The average Bonchev–Trinajstić information content (AvgIpc) is 1.66. The standard InChI is InChI=1S/C25H30N6O.C25H32N4O4.C21H23N7O.C21H19N5O.C20H21N5O/c1-4-28(5-2)20-10-12-29(13-11-20)21-7-9-24-27-22(14-25(32)31(24)17-21)19-6-8-23-26-18(3)15-30(23)16-19;1-17-13-20(28-9-7-19(8-10-28)27(2)11-12-30)16-29-24(31)15-21(26-25(17)29)18-5-6-22(32-3)23(14-18)33-4;1-13-11-28-17(8-22-13)6-19(25-28)18-7-21(29)27-12-16(4-5-20(27)24-18)26-9-14(2)23-15(3)10-26;1-25-19-4-2-15(10-17(19)12-23-25)18-11-21(27)26-13-16(3-5-20(26)24-18)14-6-8-22-9-7-14;1-24(2)18-5-3-15(12-22-18)17-11-20(26)25-13-16(4-6-19(25)23-17)14-7-9-21-10-8-14/h6-9,14-17,20H,4-5,10-13H2,1-3H3;5-6,13-16,19,30H,7-12H2,1-4H3;4-8,11-12,14-15,23H,9-10H2,1-3H3;2-6,10-13,22H,7-9H2,1H3;3-7,11-13,21H,8-10H2,1-2H3/t;;14-,15+;;. The van der Waals surface area contributed by atoms with Gasteiger partial charge in [0.25, 0.3) is 27.8 Å². The number of likely N-dealkylation sites (N-methyl/N-ethyl adjacent to an activating group) is 1. The number of anilines is 4. The summed E-state index contributed by atoms with van der Waals surface area (Å²) >= 11 is 0. The first kappa shape index (κ1) is 99.9. The Morgan fingerprint density at radius 1 is 0.449 bits per heavy atom. The van der Waals surface area contributed by atoms with E-state index in [-0.39, 0.29) is 34.4 Å². The maximum atomic E-state index is 13.1. The lowest BCUT2D eigenvalue weighted by Gasteiger charge is -2.38. The number of hydrogen-bond donors (Lipinski definition) is 4. The lowest BCUT2D eigenvalue weighted by molar-refractivity contribution is 0.162. The molecule has 5 aliphatic rings. The van der Waals surface area contributed by atoms with Crippen LogP contribution in [0.4, 0.5) is 22.9 Å². The van der Waals surface area contributed by atoms with Crippen molar-refractivity contribution in [1.82, 2.24) is 111 Å². The molecular weight excluding hydrogens is 1850 g/mol. The van der Waals surface area contributed by atoms with Crippen molar-refractivity contribution < 1.29 is 14.6 Å². The van der Waals surface area contributed by atoms with Crippen molar-refractivity contribution in [2.45, 2.75) is 111 Å². The molecule has 16 aromatic heterocycles. The summed E-state index contributed by atoms with van der Waals surface area (Å²) in [7, 11) is 11.0. The highest BCUT2D eigenvalue weighted by atomic mass is 16.5. The van der Waals surface area contributed by atoms with Crippen LogP contribution in [0.25, 0.3) is 118 Å². The third-order valence-corrected chi connectivity index (χ3v) is 28.2. The van der Waals surface area contributed by atoms with E-state index in [0.717, 1.165) is 212 Å². The molecule has 3 saturated heterocycles. The van der Waals surface area contributed by atoms with E-state index >= 15 is 0 Å². The fourth-order valence-electron chi connectivity index (χ4n) is 20.3. The van der Waals surface area contributed by atoms with Gasteiger partial charge in [-0.3, -0.25) is 55.6 Å². The van der Waals surface area contributed by atoms with Crippen molar-refractivity contribution >= 4 is 84.3 Å². The van der Waals surface area contributed by atoms with Crippen molar-refractivity contribution in [2.75, 3.05) is 147 Å². The van der Waals surface area contributed by atoms with Crippen molar-refractivity contribution in [3.63, 3.8) is 0 Å². The van der Waals surface area contributed by atoms with Gasteiger partial charge in [0, 0.05) is 212 Å². The molecule has 2 aromatic carbocycles. The van der Waals surface area contributed by atoms with Crippen molar-refractivity contribution in [1.29, 1.82) is 0 Å². The monoisotopic (exact) mass is 1980 g/mol. The van der Waals surface area contributed by atoms with Gasteiger partial charge in [-0.15, -0.1) is 0 Å². The lowest BCUT2D eigenvalue weighted by atomic mass is 10.0. The highest BCUT2D eigenvalue weighted by Gasteiger charge is 2.28. The largest absolute Gasteiger partial charge is 0.493 e. The Hall–Kier alpha value is -15.8. The number of aliphatic hydroxyl groups excluding tert-OH is 1. The first-order chi connectivity index (χ1) is 71.3. The molecule has 23 rings (SSSR count). The van der Waals surface area contributed by atoms with E-state index in [9.17, 15) is 29.1 Å². The molecule has 0 saturated carbocycles. The SMILES string of the molecule is CCN(CC)C1CCN(c2ccc3nc(-c4ccc5nc(C)cn5c4)cc(=O)n3c2)CC1.CN(C)c1ccc(-c2cc(=O)n3cc(C4=CCNCC4)ccc3n2)cn1.COc1ccc(-c2cc(=O)n3cc(N4CCC(N(C)CCO)CC4)cc(C)c3n2)cc1OC.Cc1cn2nc(-c3cc(=O)n4cc(N5C[C@@H](C)N[C@@H](C)C5)ccc4n3)cc2cn1.Cn1ncc2cc(-c3cc(=O)n4cc(C5=CCNCC5)ccc4n3)ccc21. The second kappa shape index (κ2) is 44.0. The van der Waals surface area contributed by atoms with Gasteiger partial charge in [0.05, 0.1) is 107 Å². The Morgan fingerprint density at radius 3 is 1.54 bits per heavy atom. The highest BCUT2D eigenvalue weighted by Crippen LogP contribution is 2.35. The molecule has 0 amide bonds. The predicted molar refractivity (Wildman–Crippen MR) is 582 cm³/mol. The molecule has 4 N–H and O–H groups in total. The van der Waals surface area contributed by atoms with Gasteiger partial charge in [0.15, 0.2) is 11.5 Å². The number of pyridine rings is 7.